The molecule has 3 aromatic rings. The molecule has 4 rings (SSSR count). The topological polar surface area (TPSA) is 85.3 Å². The molecule has 1 unspecified atom stereocenters. The average molecular weight is 610 g/mol. The summed E-state index contributed by atoms with van der Waals surface area (Å²) in [5.41, 5.74) is 2.52. The molecule has 0 aromatic heterocycles. The number of carboxylic acid groups (broad SMARTS) is 1. The van der Waals surface area contributed by atoms with E-state index in [2.05, 4.69) is 13.8 Å². The molecule has 1 N–H and O–H groups in total. The fourth-order valence-corrected chi connectivity index (χ4v) is 5.36. The van der Waals surface area contributed by atoms with Crippen LogP contribution in [0.25, 0.3) is 6.08 Å². The van der Waals surface area contributed by atoms with Gasteiger partial charge < -0.3 is 19.3 Å². The lowest BCUT2D eigenvalue weighted by molar-refractivity contribution is -0.140. The minimum Gasteiger partial charge on any atom is -0.489 e. The Morgan fingerprint density at radius 1 is 1.05 bits per heavy atom. The van der Waals surface area contributed by atoms with Crippen molar-refractivity contribution in [1.82, 2.24) is 4.90 Å². The van der Waals surface area contributed by atoms with Crippen molar-refractivity contribution in [3.8, 4) is 11.5 Å². The van der Waals surface area contributed by atoms with Crippen molar-refractivity contribution in [2.75, 3.05) is 26.4 Å². The molecular weight excluding hydrogens is 577 g/mol. The zero-order chi connectivity index (χ0) is 30.1. The van der Waals surface area contributed by atoms with Gasteiger partial charge in [-0.3, -0.25) is 14.5 Å². The molecule has 0 aliphatic carbocycles. The van der Waals surface area contributed by atoms with Crippen LogP contribution in [-0.4, -0.2) is 52.6 Å². The molecule has 1 aliphatic heterocycles. The van der Waals surface area contributed by atoms with Gasteiger partial charge in [0.2, 0.25) is 0 Å². The van der Waals surface area contributed by atoms with Crippen molar-refractivity contribution in [1.29, 1.82) is 0 Å². The number of thiocarbonyl (C=S) groups is 1. The van der Waals surface area contributed by atoms with Gasteiger partial charge in [-0.1, -0.05) is 86.4 Å². The van der Waals surface area contributed by atoms with Gasteiger partial charge in [-0.15, -0.1) is 0 Å². The van der Waals surface area contributed by atoms with Crippen LogP contribution >= 0.6 is 24.0 Å². The highest BCUT2D eigenvalue weighted by molar-refractivity contribution is 8.26. The van der Waals surface area contributed by atoms with Crippen LogP contribution in [0.2, 0.25) is 0 Å². The molecule has 0 saturated carbocycles. The molecule has 0 radical (unpaired) electrons. The van der Waals surface area contributed by atoms with Crippen molar-refractivity contribution < 1.29 is 33.3 Å². The summed E-state index contributed by atoms with van der Waals surface area (Å²) in [6.07, 6.45) is 1.78. The van der Waals surface area contributed by atoms with E-state index in [4.69, 9.17) is 31.5 Å². The fourth-order valence-electron chi connectivity index (χ4n) is 4.11. The lowest BCUT2D eigenvalue weighted by Crippen LogP contribution is -2.33. The summed E-state index contributed by atoms with van der Waals surface area (Å²) in [7, 11) is 0. The number of rotatable bonds is 14. The molecule has 1 fully saturated rings. The van der Waals surface area contributed by atoms with Crippen LogP contribution in [0.15, 0.2) is 77.7 Å². The van der Waals surface area contributed by atoms with E-state index in [9.17, 15) is 14.0 Å². The number of halogens is 1. The van der Waals surface area contributed by atoms with Gasteiger partial charge >= 0.3 is 5.97 Å². The lowest BCUT2D eigenvalue weighted by Gasteiger charge is -2.22. The van der Waals surface area contributed by atoms with E-state index >= 15 is 0 Å². The van der Waals surface area contributed by atoms with Crippen LogP contribution in [0.1, 0.15) is 36.6 Å². The van der Waals surface area contributed by atoms with Gasteiger partial charge in [0.25, 0.3) is 5.91 Å². The summed E-state index contributed by atoms with van der Waals surface area (Å²) in [6, 6.07) is 21.3. The lowest BCUT2D eigenvalue weighted by atomic mass is 10.1. The van der Waals surface area contributed by atoms with Crippen LogP contribution in [0.5, 0.6) is 11.5 Å². The number of amides is 1. The molecule has 0 bridgehead atoms. The highest BCUT2D eigenvalue weighted by atomic mass is 32.2. The van der Waals surface area contributed by atoms with Crippen LogP contribution < -0.4 is 9.47 Å². The van der Waals surface area contributed by atoms with Gasteiger partial charge in [0, 0.05) is 13.0 Å². The number of carbonyl (C=O) groups is 2. The van der Waals surface area contributed by atoms with E-state index in [1.807, 2.05) is 30.3 Å². The van der Waals surface area contributed by atoms with Crippen molar-refractivity contribution in [3.05, 3.63) is 100 Å². The Kier molecular flexibility index (Phi) is 11.1. The molecule has 1 saturated heterocycles. The van der Waals surface area contributed by atoms with Crippen molar-refractivity contribution in [3.63, 3.8) is 0 Å². The monoisotopic (exact) mass is 609 g/mol. The number of carbonyl (C=O) groups excluding carboxylic acids is 1. The first kappa shape index (κ1) is 31.2. The van der Waals surface area contributed by atoms with E-state index in [1.54, 1.807) is 36.4 Å². The van der Waals surface area contributed by atoms with Gasteiger partial charge in [0.1, 0.15) is 22.8 Å². The Balaban J connectivity index is 1.61. The number of aliphatic carboxylic acids is 1. The molecule has 220 valence electrons. The number of nitrogens with zero attached hydrogens (tertiary/aromatic N) is 1. The maximum atomic E-state index is 13.3. The van der Waals surface area contributed by atoms with Crippen molar-refractivity contribution in [2.24, 2.45) is 5.92 Å². The summed E-state index contributed by atoms with van der Waals surface area (Å²) in [6.45, 7) is 4.88. The first-order valence-corrected chi connectivity index (χ1v) is 14.7. The van der Waals surface area contributed by atoms with Gasteiger partial charge in [-0.05, 0) is 52.9 Å². The SMILES string of the molecule is CC(C)COCC(Oc1cc(C=C2SC(=S)N(CC(=O)O)C2=O)ccc1OCCc1ccc(F)cc1)c1ccccc1. The normalized spacial score (nSPS) is 15.0. The van der Waals surface area contributed by atoms with Crippen LogP contribution in [0.3, 0.4) is 0 Å². The van der Waals surface area contributed by atoms with Crippen LogP contribution in [-0.2, 0) is 20.7 Å². The third kappa shape index (κ3) is 8.88. The molecule has 7 nitrogen and oxygen atoms in total. The molecule has 10 heteroatoms. The number of hydrogen-bond acceptors (Lipinski definition) is 7. The van der Waals surface area contributed by atoms with Crippen LogP contribution in [0, 0.1) is 11.7 Å². The molecule has 42 heavy (non-hydrogen) atoms. The van der Waals surface area contributed by atoms with Gasteiger partial charge in [0.05, 0.1) is 18.1 Å². The second-order valence-corrected chi connectivity index (χ2v) is 11.7. The van der Waals surface area contributed by atoms with Gasteiger partial charge in [0.15, 0.2) is 11.5 Å². The Bertz CT molecular complexity index is 1430. The summed E-state index contributed by atoms with van der Waals surface area (Å²) in [4.78, 5) is 25.4. The number of thioether (sulfide) groups is 1. The minimum absolute atomic E-state index is 0.192. The maximum absolute atomic E-state index is 13.3. The molecular formula is C32H32FNO6S2. The molecule has 1 atom stereocenters. The summed E-state index contributed by atoms with van der Waals surface area (Å²) in [5.74, 6) is -0.591. The first-order chi connectivity index (χ1) is 20.2. The first-order valence-electron chi connectivity index (χ1n) is 13.5. The standard InChI is InChI=1S/C32H32FNO6S2/c1-21(2)19-38-20-28(24-6-4-3-5-7-24)40-27-16-23(17-29-31(37)34(18-30(35)36)32(41)42-29)10-13-26(27)39-15-14-22-8-11-25(33)12-9-22/h3-13,16-17,21,28H,14-15,18-20H2,1-2H3,(H,35,36). The zero-order valence-corrected chi connectivity index (χ0v) is 25.0. The summed E-state index contributed by atoms with van der Waals surface area (Å²) >= 11 is 6.28. The predicted molar refractivity (Wildman–Crippen MR) is 165 cm³/mol. The van der Waals surface area contributed by atoms with Gasteiger partial charge in [-0.2, -0.15) is 0 Å². The van der Waals surface area contributed by atoms with Crippen molar-refractivity contribution >= 4 is 46.3 Å². The number of carboxylic acids is 1. The second kappa shape index (κ2) is 14.9. The molecule has 3 aromatic carbocycles. The Labute approximate surface area is 254 Å². The summed E-state index contributed by atoms with van der Waals surface area (Å²) in [5, 5.41) is 9.14. The molecule has 1 heterocycles. The Morgan fingerprint density at radius 3 is 2.48 bits per heavy atom. The second-order valence-electron chi connectivity index (χ2n) is 10.0. The van der Waals surface area contributed by atoms with E-state index in [-0.39, 0.29) is 10.1 Å². The fraction of sp³-hybridized carbons (Fsp3) is 0.281. The zero-order valence-electron chi connectivity index (χ0n) is 23.3. The maximum Gasteiger partial charge on any atom is 0.323 e. The van der Waals surface area contributed by atoms with Crippen molar-refractivity contribution in [2.45, 2.75) is 26.4 Å². The van der Waals surface area contributed by atoms with Gasteiger partial charge in [-0.25, -0.2) is 4.39 Å². The minimum atomic E-state index is -1.14. The molecule has 1 aliphatic rings. The van der Waals surface area contributed by atoms with E-state index in [0.29, 0.717) is 54.1 Å². The van der Waals surface area contributed by atoms with Crippen LogP contribution in [0.4, 0.5) is 4.39 Å². The third-order valence-electron chi connectivity index (χ3n) is 6.16. The predicted octanol–water partition coefficient (Wildman–Crippen LogP) is 6.53. The van der Waals surface area contributed by atoms with E-state index in [0.717, 1.165) is 27.8 Å². The summed E-state index contributed by atoms with van der Waals surface area (Å²) < 4.78 is 32.1. The Hall–Kier alpha value is -3.73. The molecule has 0 spiro atoms. The highest BCUT2D eigenvalue weighted by Crippen LogP contribution is 2.36. The number of hydrogen-bond donors (Lipinski definition) is 1. The number of benzene rings is 3. The largest absolute Gasteiger partial charge is 0.489 e. The quantitative estimate of drug-likeness (QED) is 0.163. The third-order valence-corrected chi connectivity index (χ3v) is 7.53. The van der Waals surface area contributed by atoms with E-state index < -0.39 is 24.5 Å². The van der Waals surface area contributed by atoms with E-state index in [1.165, 1.54) is 12.1 Å². The average Bonchev–Trinajstić information content (AvgIpc) is 3.21. The smallest absolute Gasteiger partial charge is 0.323 e. The number of ether oxygens (including phenoxy) is 3. The Morgan fingerprint density at radius 2 is 1.79 bits per heavy atom. The molecule has 1 amide bonds. The highest BCUT2D eigenvalue weighted by Gasteiger charge is 2.33.